The van der Waals surface area contributed by atoms with Crippen molar-refractivity contribution in [1.82, 2.24) is 10.2 Å². The standard InChI is InChI=1S/C16H28N2O2/c1-11(2)9-14-16(19)18(13-7-8-20-10-13)15(17-14)12-5-3-4-6-12/h11-15,17H,3-10H2,1-2H3. The van der Waals surface area contributed by atoms with Crippen molar-refractivity contribution < 1.29 is 9.53 Å². The van der Waals surface area contributed by atoms with Gasteiger partial charge in [0.1, 0.15) is 0 Å². The molecule has 2 saturated heterocycles. The van der Waals surface area contributed by atoms with E-state index in [0.29, 0.717) is 23.8 Å². The molecule has 1 aliphatic carbocycles. The molecule has 3 atom stereocenters. The van der Waals surface area contributed by atoms with E-state index in [1.807, 2.05) is 0 Å². The number of nitrogens with zero attached hydrogens (tertiary/aromatic N) is 1. The summed E-state index contributed by atoms with van der Waals surface area (Å²) in [6.45, 7) is 5.92. The Labute approximate surface area is 122 Å². The zero-order chi connectivity index (χ0) is 14.1. The smallest absolute Gasteiger partial charge is 0.241 e. The second-order valence-electron chi connectivity index (χ2n) is 7.10. The Kier molecular flexibility index (Phi) is 4.32. The molecule has 3 unspecified atom stereocenters. The number of rotatable bonds is 4. The Morgan fingerprint density at radius 1 is 1.30 bits per heavy atom. The van der Waals surface area contributed by atoms with Crippen molar-refractivity contribution in [2.45, 2.75) is 70.6 Å². The van der Waals surface area contributed by atoms with Gasteiger partial charge >= 0.3 is 0 Å². The SMILES string of the molecule is CC(C)CC1NC(C2CCCC2)N(C2CCOC2)C1=O. The lowest BCUT2D eigenvalue weighted by atomic mass is 10.0. The zero-order valence-corrected chi connectivity index (χ0v) is 12.8. The summed E-state index contributed by atoms with van der Waals surface area (Å²) in [6.07, 6.45) is 7.40. The number of ether oxygens (including phenoxy) is 1. The number of hydrogen-bond acceptors (Lipinski definition) is 3. The van der Waals surface area contributed by atoms with Crippen molar-refractivity contribution in [1.29, 1.82) is 0 Å². The molecule has 0 aromatic carbocycles. The van der Waals surface area contributed by atoms with E-state index in [0.717, 1.165) is 26.1 Å². The van der Waals surface area contributed by atoms with E-state index in [2.05, 4.69) is 24.1 Å². The third kappa shape index (κ3) is 2.73. The topological polar surface area (TPSA) is 41.6 Å². The quantitative estimate of drug-likeness (QED) is 0.858. The molecule has 2 aliphatic heterocycles. The second-order valence-corrected chi connectivity index (χ2v) is 7.10. The highest BCUT2D eigenvalue weighted by Crippen LogP contribution is 2.35. The van der Waals surface area contributed by atoms with E-state index < -0.39 is 0 Å². The fraction of sp³-hybridized carbons (Fsp3) is 0.938. The van der Waals surface area contributed by atoms with Gasteiger partial charge in [0.25, 0.3) is 0 Å². The largest absolute Gasteiger partial charge is 0.379 e. The molecule has 0 aromatic heterocycles. The van der Waals surface area contributed by atoms with Gasteiger partial charge in [-0.25, -0.2) is 0 Å². The highest BCUT2D eigenvalue weighted by Gasteiger charge is 2.46. The zero-order valence-electron chi connectivity index (χ0n) is 12.8. The molecular formula is C16H28N2O2. The number of nitrogens with one attached hydrogen (secondary N) is 1. The number of carbonyl (C=O) groups excluding carboxylic acids is 1. The summed E-state index contributed by atoms with van der Waals surface area (Å²) in [5, 5.41) is 3.66. The molecule has 1 N–H and O–H groups in total. The summed E-state index contributed by atoms with van der Waals surface area (Å²) >= 11 is 0. The summed E-state index contributed by atoms with van der Waals surface area (Å²) in [7, 11) is 0. The maximum absolute atomic E-state index is 12.8. The molecule has 1 amide bonds. The molecule has 0 aromatic rings. The van der Waals surface area contributed by atoms with E-state index in [-0.39, 0.29) is 12.2 Å². The summed E-state index contributed by atoms with van der Waals surface area (Å²) < 4.78 is 5.52. The van der Waals surface area contributed by atoms with Crippen LogP contribution in [-0.4, -0.2) is 42.3 Å². The summed E-state index contributed by atoms with van der Waals surface area (Å²) in [4.78, 5) is 15.0. The van der Waals surface area contributed by atoms with Crippen LogP contribution in [-0.2, 0) is 9.53 Å². The van der Waals surface area contributed by atoms with E-state index in [1.54, 1.807) is 0 Å². The molecule has 0 spiro atoms. The average Bonchev–Trinajstić information content (AvgIpc) is 3.10. The summed E-state index contributed by atoms with van der Waals surface area (Å²) in [5.74, 6) is 1.53. The van der Waals surface area contributed by atoms with Gasteiger partial charge in [-0.15, -0.1) is 0 Å². The Morgan fingerprint density at radius 2 is 2.05 bits per heavy atom. The van der Waals surface area contributed by atoms with Crippen molar-refractivity contribution in [3.8, 4) is 0 Å². The molecule has 1 saturated carbocycles. The maximum Gasteiger partial charge on any atom is 0.241 e. The third-order valence-electron chi connectivity index (χ3n) is 5.08. The van der Waals surface area contributed by atoms with Gasteiger partial charge in [-0.05, 0) is 37.5 Å². The van der Waals surface area contributed by atoms with Gasteiger partial charge < -0.3 is 9.64 Å². The highest BCUT2D eigenvalue weighted by atomic mass is 16.5. The summed E-state index contributed by atoms with van der Waals surface area (Å²) in [5.41, 5.74) is 0. The molecule has 3 fully saturated rings. The predicted octanol–water partition coefficient (Wildman–Crippen LogP) is 2.14. The monoisotopic (exact) mass is 280 g/mol. The lowest BCUT2D eigenvalue weighted by molar-refractivity contribution is -0.133. The van der Waals surface area contributed by atoms with Crippen LogP contribution in [0.25, 0.3) is 0 Å². The van der Waals surface area contributed by atoms with Gasteiger partial charge in [-0.1, -0.05) is 26.7 Å². The van der Waals surface area contributed by atoms with Crippen LogP contribution in [0.5, 0.6) is 0 Å². The maximum atomic E-state index is 12.8. The first-order chi connectivity index (χ1) is 9.66. The molecule has 2 heterocycles. The van der Waals surface area contributed by atoms with Crippen LogP contribution >= 0.6 is 0 Å². The lowest BCUT2D eigenvalue weighted by Gasteiger charge is -2.33. The molecule has 114 valence electrons. The number of carbonyl (C=O) groups is 1. The molecule has 3 aliphatic rings. The van der Waals surface area contributed by atoms with Crippen LogP contribution in [0.1, 0.15) is 52.4 Å². The van der Waals surface area contributed by atoms with E-state index in [1.165, 1.54) is 25.7 Å². The Morgan fingerprint density at radius 3 is 2.65 bits per heavy atom. The van der Waals surface area contributed by atoms with E-state index in [9.17, 15) is 4.79 Å². The van der Waals surface area contributed by atoms with Gasteiger partial charge in [0.2, 0.25) is 5.91 Å². The van der Waals surface area contributed by atoms with Crippen molar-refractivity contribution in [2.24, 2.45) is 11.8 Å². The van der Waals surface area contributed by atoms with Crippen LogP contribution in [0.3, 0.4) is 0 Å². The van der Waals surface area contributed by atoms with Gasteiger partial charge in [0, 0.05) is 6.61 Å². The van der Waals surface area contributed by atoms with Gasteiger partial charge in [-0.2, -0.15) is 0 Å². The van der Waals surface area contributed by atoms with E-state index >= 15 is 0 Å². The Balaban J connectivity index is 1.76. The fourth-order valence-electron chi connectivity index (χ4n) is 4.10. The first kappa shape index (κ1) is 14.3. The van der Waals surface area contributed by atoms with E-state index in [4.69, 9.17) is 4.74 Å². The minimum atomic E-state index is 0.0289. The summed E-state index contributed by atoms with van der Waals surface area (Å²) in [6, 6.07) is 0.332. The average molecular weight is 280 g/mol. The van der Waals surface area contributed by atoms with Crippen molar-refractivity contribution in [3.05, 3.63) is 0 Å². The van der Waals surface area contributed by atoms with Gasteiger partial charge in [0.15, 0.2) is 0 Å². The van der Waals surface area contributed by atoms with Crippen LogP contribution in [0.15, 0.2) is 0 Å². The fourth-order valence-corrected chi connectivity index (χ4v) is 4.10. The molecule has 3 rings (SSSR count). The van der Waals surface area contributed by atoms with Gasteiger partial charge in [0.05, 0.1) is 24.9 Å². The molecule has 20 heavy (non-hydrogen) atoms. The predicted molar refractivity (Wildman–Crippen MR) is 78.2 cm³/mol. The minimum absolute atomic E-state index is 0.0289. The molecule has 0 bridgehead atoms. The first-order valence-corrected chi connectivity index (χ1v) is 8.33. The third-order valence-corrected chi connectivity index (χ3v) is 5.08. The Hall–Kier alpha value is -0.610. The van der Waals surface area contributed by atoms with Crippen LogP contribution < -0.4 is 5.32 Å². The minimum Gasteiger partial charge on any atom is -0.379 e. The van der Waals surface area contributed by atoms with Crippen LogP contribution in [0.2, 0.25) is 0 Å². The van der Waals surface area contributed by atoms with Crippen LogP contribution in [0, 0.1) is 11.8 Å². The molecule has 0 radical (unpaired) electrons. The van der Waals surface area contributed by atoms with Gasteiger partial charge in [-0.3, -0.25) is 10.1 Å². The highest BCUT2D eigenvalue weighted by molar-refractivity contribution is 5.84. The second kappa shape index (κ2) is 6.02. The molecule has 4 heteroatoms. The number of amides is 1. The molecular weight excluding hydrogens is 252 g/mol. The van der Waals surface area contributed by atoms with Crippen molar-refractivity contribution >= 4 is 5.91 Å². The molecule has 4 nitrogen and oxygen atoms in total. The first-order valence-electron chi connectivity index (χ1n) is 8.33. The van der Waals surface area contributed by atoms with Crippen molar-refractivity contribution in [2.75, 3.05) is 13.2 Å². The lowest BCUT2D eigenvalue weighted by Crippen LogP contribution is -2.48. The Bertz CT molecular complexity index is 346. The number of hydrogen-bond donors (Lipinski definition) is 1. The van der Waals surface area contributed by atoms with Crippen LogP contribution in [0.4, 0.5) is 0 Å². The normalized spacial score (nSPS) is 35.6. The van der Waals surface area contributed by atoms with Crippen molar-refractivity contribution in [3.63, 3.8) is 0 Å².